The standard InChI is InChI=1S/C30H37N3O4S/c1-5-24(29(35)31-30(2,3)4)32(21-19-22-12-7-6-8-13-22)27(34)18-11-20-33-25-16-9-14-23-15-10-17-26(28(23)25)38(33,36)37/h6-10,12-17,24H,5,11,18-21H2,1-4H3,(H,31,35)/t24-/m0/s1. The summed E-state index contributed by atoms with van der Waals surface area (Å²) in [5, 5.41) is 4.63. The van der Waals surface area contributed by atoms with Gasteiger partial charge in [0.05, 0.1) is 10.6 Å². The van der Waals surface area contributed by atoms with Gasteiger partial charge in [0.25, 0.3) is 10.0 Å². The van der Waals surface area contributed by atoms with Crippen LogP contribution < -0.4 is 9.62 Å². The van der Waals surface area contributed by atoms with E-state index < -0.39 is 21.6 Å². The molecule has 1 N–H and O–H groups in total. The third kappa shape index (κ3) is 5.85. The first-order valence-electron chi connectivity index (χ1n) is 13.2. The van der Waals surface area contributed by atoms with Crippen LogP contribution in [0.2, 0.25) is 0 Å². The molecule has 0 radical (unpaired) electrons. The van der Waals surface area contributed by atoms with E-state index in [0.29, 0.717) is 36.4 Å². The molecule has 1 atom stereocenters. The summed E-state index contributed by atoms with van der Waals surface area (Å²) in [5.41, 5.74) is 1.33. The average molecular weight is 536 g/mol. The van der Waals surface area contributed by atoms with Crippen molar-refractivity contribution < 1.29 is 18.0 Å². The first kappa shape index (κ1) is 27.6. The molecule has 3 aromatic rings. The highest BCUT2D eigenvalue weighted by atomic mass is 32.2. The third-order valence-electron chi connectivity index (χ3n) is 6.80. The molecule has 38 heavy (non-hydrogen) atoms. The Labute approximate surface area is 225 Å². The predicted octanol–water partition coefficient (Wildman–Crippen LogP) is 4.89. The number of hydrogen-bond acceptors (Lipinski definition) is 4. The van der Waals surface area contributed by atoms with Crippen LogP contribution in [0.15, 0.2) is 71.6 Å². The maximum atomic E-state index is 13.6. The second-order valence-corrected chi connectivity index (χ2v) is 12.6. The molecule has 0 fully saturated rings. The summed E-state index contributed by atoms with van der Waals surface area (Å²) in [6.07, 6.45) is 1.61. The van der Waals surface area contributed by atoms with Gasteiger partial charge >= 0.3 is 0 Å². The fourth-order valence-electron chi connectivity index (χ4n) is 5.07. The van der Waals surface area contributed by atoms with Crippen molar-refractivity contribution >= 4 is 38.3 Å². The van der Waals surface area contributed by atoms with Crippen molar-refractivity contribution in [2.75, 3.05) is 17.4 Å². The lowest BCUT2D eigenvalue weighted by Gasteiger charge is -2.33. The van der Waals surface area contributed by atoms with E-state index in [0.717, 1.165) is 16.3 Å². The van der Waals surface area contributed by atoms with E-state index in [9.17, 15) is 18.0 Å². The van der Waals surface area contributed by atoms with Gasteiger partial charge in [-0.1, -0.05) is 61.5 Å². The average Bonchev–Trinajstić information content (AvgIpc) is 3.09. The summed E-state index contributed by atoms with van der Waals surface area (Å²) in [6.45, 7) is 8.27. The summed E-state index contributed by atoms with van der Waals surface area (Å²) in [7, 11) is -3.67. The zero-order valence-electron chi connectivity index (χ0n) is 22.6. The number of carbonyl (C=O) groups is 2. The van der Waals surface area contributed by atoms with Crippen molar-refractivity contribution in [2.24, 2.45) is 0 Å². The van der Waals surface area contributed by atoms with Gasteiger partial charge in [-0.3, -0.25) is 13.9 Å². The smallest absolute Gasteiger partial charge is 0.265 e. The van der Waals surface area contributed by atoms with Crippen LogP contribution in [0.3, 0.4) is 0 Å². The summed E-state index contributed by atoms with van der Waals surface area (Å²) in [6, 6.07) is 20.2. The van der Waals surface area contributed by atoms with Crippen LogP contribution in [-0.4, -0.2) is 49.8 Å². The van der Waals surface area contributed by atoms with E-state index in [1.807, 2.05) is 82.3 Å². The fraction of sp³-hybridized carbons (Fsp3) is 0.400. The van der Waals surface area contributed by atoms with Crippen LogP contribution in [0.5, 0.6) is 0 Å². The van der Waals surface area contributed by atoms with E-state index in [1.54, 1.807) is 17.0 Å². The number of sulfonamides is 1. The zero-order chi connectivity index (χ0) is 27.5. The van der Waals surface area contributed by atoms with E-state index in [-0.39, 0.29) is 24.8 Å². The Bertz CT molecular complexity index is 1410. The molecule has 1 aliphatic rings. The Morgan fingerprint density at radius 3 is 2.32 bits per heavy atom. The highest BCUT2D eigenvalue weighted by Gasteiger charge is 2.36. The summed E-state index contributed by atoms with van der Waals surface area (Å²) >= 11 is 0. The van der Waals surface area contributed by atoms with Gasteiger partial charge in [-0.2, -0.15) is 0 Å². The Morgan fingerprint density at radius 1 is 0.974 bits per heavy atom. The number of benzene rings is 3. The molecule has 0 saturated heterocycles. The van der Waals surface area contributed by atoms with E-state index >= 15 is 0 Å². The van der Waals surface area contributed by atoms with E-state index in [4.69, 9.17) is 0 Å². The lowest BCUT2D eigenvalue weighted by molar-refractivity contribution is -0.141. The molecule has 0 saturated carbocycles. The van der Waals surface area contributed by atoms with Crippen LogP contribution in [0.25, 0.3) is 10.8 Å². The number of rotatable bonds is 10. The Kier molecular flexibility index (Phi) is 8.11. The van der Waals surface area contributed by atoms with Gasteiger partial charge in [-0.25, -0.2) is 8.42 Å². The van der Waals surface area contributed by atoms with Crippen molar-refractivity contribution in [2.45, 2.75) is 69.9 Å². The second-order valence-electron chi connectivity index (χ2n) is 10.8. The molecule has 0 spiro atoms. The van der Waals surface area contributed by atoms with Crippen molar-refractivity contribution in [3.05, 3.63) is 72.3 Å². The molecular weight excluding hydrogens is 498 g/mol. The lowest BCUT2D eigenvalue weighted by atomic mass is 10.0. The van der Waals surface area contributed by atoms with Gasteiger partial charge in [0.15, 0.2) is 0 Å². The minimum atomic E-state index is -3.67. The minimum absolute atomic E-state index is 0.145. The highest BCUT2D eigenvalue weighted by Crippen LogP contribution is 2.42. The second kappa shape index (κ2) is 11.2. The Hall–Kier alpha value is -3.39. The van der Waals surface area contributed by atoms with Gasteiger partial charge in [-0.05, 0) is 63.1 Å². The van der Waals surface area contributed by atoms with Crippen molar-refractivity contribution in [3.63, 3.8) is 0 Å². The molecule has 0 aromatic heterocycles. The van der Waals surface area contributed by atoms with Crippen molar-refractivity contribution in [1.82, 2.24) is 10.2 Å². The van der Waals surface area contributed by atoms with E-state index in [1.165, 1.54) is 4.31 Å². The molecule has 0 unspecified atom stereocenters. The predicted molar refractivity (Wildman–Crippen MR) is 152 cm³/mol. The molecule has 7 nitrogen and oxygen atoms in total. The van der Waals surface area contributed by atoms with Crippen LogP contribution in [0, 0.1) is 0 Å². The number of amides is 2. The minimum Gasteiger partial charge on any atom is -0.350 e. The largest absolute Gasteiger partial charge is 0.350 e. The molecule has 8 heteroatoms. The number of nitrogens with zero attached hydrogens (tertiary/aromatic N) is 2. The first-order chi connectivity index (χ1) is 18.0. The Balaban J connectivity index is 1.49. The van der Waals surface area contributed by atoms with Crippen LogP contribution in [0.1, 0.15) is 52.5 Å². The van der Waals surface area contributed by atoms with Crippen molar-refractivity contribution in [1.29, 1.82) is 0 Å². The summed E-state index contributed by atoms with van der Waals surface area (Å²) in [5.74, 6) is -0.324. The molecule has 0 aliphatic carbocycles. The highest BCUT2D eigenvalue weighted by molar-refractivity contribution is 7.93. The molecule has 2 amide bonds. The van der Waals surface area contributed by atoms with Gasteiger partial charge in [0.1, 0.15) is 6.04 Å². The normalized spacial score (nSPS) is 14.9. The number of hydrogen-bond donors (Lipinski definition) is 1. The Morgan fingerprint density at radius 2 is 1.66 bits per heavy atom. The van der Waals surface area contributed by atoms with Crippen LogP contribution in [-0.2, 0) is 26.0 Å². The van der Waals surface area contributed by atoms with Crippen molar-refractivity contribution in [3.8, 4) is 0 Å². The molecule has 3 aromatic carbocycles. The third-order valence-corrected chi connectivity index (χ3v) is 8.66. The first-order valence-corrected chi connectivity index (χ1v) is 14.7. The fourth-order valence-corrected chi connectivity index (χ4v) is 6.81. The van der Waals surface area contributed by atoms with Gasteiger partial charge in [-0.15, -0.1) is 0 Å². The molecule has 1 heterocycles. The molecule has 0 bridgehead atoms. The van der Waals surface area contributed by atoms with Gasteiger partial charge < -0.3 is 10.2 Å². The molecule has 1 aliphatic heterocycles. The van der Waals surface area contributed by atoms with Gasteiger partial charge in [0, 0.05) is 30.4 Å². The lowest BCUT2D eigenvalue weighted by Crippen LogP contribution is -2.54. The summed E-state index contributed by atoms with van der Waals surface area (Å²) in [4.78, 5) is 28.7. The number of anilines is 1. The van der Waals surface area contributed by atoms with E-state index in [2.05, 4.69) is 5.32 Å². The maximum Gasteiger partial charge on any atom is 0.265 e. The van der Waals surface area contributed by atoms with Gasteiger partial charge in [0.2, 0.25) is 11.8 Å². The summed E-state index contributed by atoms with van der Waals surface area (Å²) < 4.78 is 28.0. The molecule has 4 rings (SSSR count). The molecular formula is C30H37N3O4S. The van der Waals surface area contributed by atoms with Crippen LogP contribution >= 0.6 is 0 Å². The SMILES string of the molecule is CC[C@@H](C(=O)NC(C)(C)C)N(CCc1ccccc1)C(=O)CCCN1c2cccc3cccc(c23)S1(=O)=O. The monoisotopic (exact) mass is 535 g/mol. The quantitative estimate of drug-likeness (QED) is 0.400. The number of nitrogens with one attached hydrogen (secondary N) is 1. The number of carbonyl (C=O) groups excluding carboxylic acids is 2. The van der Waals surface area contributed by atoms with Crippen LogP contribution in [0.4, 0.5) is 5.69 Å². The topological polar surface area (TPSA) is 86.8 Å². The maximum absolute atomic E-state index is 13.6. The zero-order valence-corrected chi connectivity index (χ0v) is 23.4. The molecule has 202 valence electrons.